The van der Waals surface area contributed by atoms with Crippen molar-refractivity contribution in [2.24, 2.45) is 7.05 Å². The molecule has 0 fully saturated rings. The number of hydrogen-bond donors (Lipinski definition) is 2. The topological polar surface area (TPSA) is 70.4 Å². The average Bonchev–Trinajstić information content (AvgIpc) is 2.52. The lowest BCUT2D eigenvalue weighted by molar-refractivity contribution is -0.121. The first kappa shape index (κ1) is 16.9. The summed E-state index contributed by atoms with van der Waals surface area (Å²) in [7, 11) is 5.47. The van der Waals surface area contributed by atoms with Crippen LogP contribution in [-0.4, -0.2) is 58.5 Å². The Labute approximate surface area is 124 Å². The van der Waals surface area contributed by atoms with Crippen molar-refractivity contribution in [2.75, 3.05) is 27.2 Å². The number of rotatable bonds is 6. The summed E-state index contributed by atoms with van der Waals surface area (Å²) in [6.45, 7) is 4.17. The Kier molecular flexibility index (Phi) is 5.56. The molecule has 1 amide bonds. The van der Waals surface area contributed by atoms with Gasteiger partial charge in [-0.05, 0) is 27.9 Å². The van der Waals surface area contributed by atoms with Crippen molar-refractivity contribution < 1.29 is 9.90 Å². The minimum atomic E-state index is -0.965. The normalized spacial score (nSPS) is 14.4. The zero-order valence-electron chi connectivity index (χ0n) is 12.7. The number of carbonyl (C=O) groups excluding carboxylic acids is 1. The van der Waals surface area contributed by atoms with Crippen molar-refractivity contribution in [1.29, 1.82) is 0 Å². The number of halogens is 1. The summed E-state index contributed by atoms with van der Waals surface area (Å²) >= 11 is 6.08. The molecule has 0 aliphatic heterocycles. The highest BCUT2D eigenvalue weighted by Gasteiger charge is 2.23. The number of nitrogens with one attached hydrogen (secondary N) is 1. The van der Waals surface area contributed by atoms with Gasteiger partial charge in [0.25, 0.3) is 0 Å². The first-order valence-corrected chi connectivity index (χ1v) is 6.82. The van der Waals surface area contributed by atoms with Crippen molar-refractivity contribution in [3.05, 3.63) is 16.4 Å². The number of aliphatic hydroxyl groups is 1. The third-order valence-corrected chi connectivity index (χ3v) is 3.40. The lowest BCUT2D eigenvalue weighted by Crippen LogP contribution is -2.47. The van der Waals surface area contributed by atoms with Gasteiger partial charge in [0.1, 0.15) is 5.15 Å². The van der Waals surface area contributed by atoms with Gasteiger partial charge >= 0.3 is 0 Å². The molecule has 1 heterocycles. The Bertz CT molecular complexity index is 483. The van der Waals surface area contributed by atoms with Crippen LogP contribution in [0.2, 0.25) is 5.15 Å². The summed E-state index contributed by atoms with van der Waals surface area (Å²) < 4.78 is 1.54. The molecule has 0 saturated carbocycles. The minimum Gasteiger partial charge on any atom is -0.387 e. The van der Waals surface area contributed by atoms with E-state index in [4.69, 9.17) is 11.6 Å². The van der Waals surface area contributed by atoms with Gasteiger partial charge in [0, 0.05) is 25.7 Å². The van der Waals surface area contributed by atoms with Gasteiger partial charge in [-0.2, -0.15) is 5.10 Å². The van der Waals surface area contributed by atoms with Crippen molar-refractivity contribution in [2.45, 2.75) is 25.9 Å². The third kappa shape index (κ3) is 4.77. The van der Waals surface area contributed by atoms with Gasteiger partial charge in [0.2, 0.25) is 5.91 Å². The third-order valence-electron chi connectivity index (χ3n) is 2.93. The van der Waals surface area contributed by atoms with Gasteiger partial charge in [-0.1, -0.05) is 11.6 Å². The molecular formula is C13H23ClN4O2. The molecule has 0 spiro atoms. The highest BCUT2D eigenvalue weighted by molar-refractivity contribution is 6.30. The molecule has 0 aromatic carbocycles. The second kappa shape index (κ2) is 6.56. The van der Waals surface area contributed by atoms with Crippen LogP contribution in [-0.2, 0) is 18.3 Å². The maximum absolute atomic E-state index is 11.9. The van der Waals surface area contributed by atoms with E-state index < -0.39 is 5.60 Å². The van der Waals surface area contributed by atoms with E-state index >= 15 is 0 Å². The number of aromatic nitrogens is 2. The summed E-state index contributed by atoms with van der Waals surface area (Å²) in [5, 5.41) is 17.5. The van der Waals surface area contributed by atoms with E-state index in [0.717, 1.165) is 11.3 Å². The Morgan fingerprint density at radius 2 is 2.15 bits per heavy atom. The lowest BCUT2D eigenvalue weighted by Gasteiger charge is -2.27. The Hall–Kier alpha value is -1.11. The predicted molar refractivity (Wildman–Crippen MR) is 78.8 cm³/mol. The van der Waals surface area contributed by atoms with Crippen molar-refractivity contribution in [3.8, 4) is 0 Å². The van der Waals surface area contributed by atoms with Gasteiger partial charge in [-0.3, -0.25) is 9.48 Å². The summed E-state index contributed by atoms with van der Waals surface area (Å²) in [4.78, 5) is 13.8. The number of carbonyl (C=O) groups is 1. The first-order chi connectivity index (χ1) is 9.12. The molecule has 0 aliphatic rings. The Balaban J connectivity index is 2.56. The van der Waals surface area contributed by atoms with Gasteiger partial charge in [-0.25, -0.2) is 0 Å². The van der Waals surface area contributed by atoms with Gasteiger partial charge < -0.3 is 15.3 Å². The number of aryl methyl sites for hydroxylation is 2. The van der Waals surface area contributed by atoms with Crippen LogP contribution in [0.15, 0.2) is 0 Å². The molecule has 0 radical (unpaired) electrons. The quantitative estimate of drug-likeness (QED) is 0.796. The molecule has 0 aliphatic carbocycles. The first-order valence-electron chi connectivity index (χ1n) is 6.44. The highest BCUT2D eigenvalue weighted by Crippen LogP contribution is 2.19. The summed E-state index contributed by atoms with van der Waals surface area (Å²) in [6.07, 6.45) is 0.163. The van der Waals surface area contributed by atoms with E-state index in [0.29, 0.717) is 11.7 Å². The molecule has 1 unspecified atom stereocenters. The van der Waals surface area contributed by atoms with Crippen LogP contribution >= 0.6 is 11.6 Å². The maximum atomic E-state index is 11.9. The second-order valence-corrected chi connectivity index (χ2v) is 6.02. The standard InChI is InChI=1S/C13H23ClN4O2/c1-9-10(12(14)18(5)16-9)6-11(19)15-7-13(2,20)8-17(3)4/h20H,6-8H2,1-5H3,(H,15,19). The maximum Gasteiger partial charge on any atom is 0.224 e. The SMILES string of the molecule is Cc1nn(C)c(Cl)c1CC(=O)NCC(C)(O)CN(C)C. The molecule has 20 heavy (non-hydrogen) atoms. The molecule has 7 heteroatoms. The van der Waals surface area contributed by atoms with Gasteiger partial charge in [-0.15, -0.1) is 0 Å². The molecule has 1 atom stereocenters. The fraction of sp³-hybridized carbons (Fsp3) is 0.692. The fourth-order valence-corrected chi connectivity index (χ4v) is 2.37. The van der Waals surface area contributed by atoms with Crippen molar-refractivity contribution >= 4 is 17.5 Å². The lowest BCUT2D eigenvalue weighted by atomic mass is 10.1. The molecule has 1 rings (SSSR count). The highest BCUT2D eigenvalue weighted by atomic mass is 35.5. The zero-order chi connectivity index (χ0) is 15.5. The summed E-state index contributed by atoms with van der Waals surface area (Å²) in [5.41, 5.74) is 0.499. The minimum absolute atomic E-state index is 0.163. The number of nitrogens with zero attached hydrogens (tertiary/aromatic N) is 3. The van der Waals surface area contributed by atoms with Crippen molar-refractivity contribution in [1.82, 2.24) is 20.0 Å². The smallest absolute Gasteiger partial charge is 0.224 e. The molecular weight excluding hydrogens is 280 g/mol. The van der Waals surface area contributed by atoms with E-state index in [1.165, 1.54) is 0 Å². The van der Waals surface area contributed by atoms with E-state index in [1.807, 2.05) is 25.9 Å². The Morgan fingerprint density at radius 3 is 2.60 bits per heavy atom. The molecule has 1 aromatic heterocycles. The monoisotopic (exact) mass is 302 g/mol. The van der Waals surface area contributed by atoms with Gasteiger partial charge in [0.05, 0.1) is 17.7 Å². The number of likely N-dealkylation sites (N-methyl/N-ethyl adjacent to an activating group) is 1. The molecule has 0 saturated heterocycles. The summed E-state index contributed by atoms with van der Waals surface area (Å²) in [5.74, 6) is -0.179. The van der Waals surface area contributed by atoms with Crippen LogP contribution in [0.5, 0.6) is 0 Å². The molecule has 1 aromatic rings. The largest absolute Gasteiger partial charge is 0.387 e. The van der Waals surface area contributed by atoms with E-state index in [9.17, 15) is 9.90 Å². The Morgan fingerprint density at radius 1 is 1.55 bits per heavy atom. The fourth-order valence-electron chi connectivity index (χ4n) is 2.12. The molecule has 6 nitrogen and oxygen atoms in total. The van der Waals surface area contributed by atoms with E-state index in [-0.39, 0.29) is 18.9 Å². The van der Waals surface area contributed by atoms with E-state index in [2.05, 4.69) is 10.4 Å². The van der Waals surface area contributed by atoms with Crippen LogP contribution in [0, 0.1) is 6.92 Å². The molecule has 114 valence electrons. The molecule has 0 bridgehead atoms. The van der Waals surface area contributed by atoms with Crippen LogP contribution in [0.3, 0.4) is 0 Å². The van der Waals surface area contributed by atoms with Crippen molar-refractivity contribution in [3.63, 3.8) is 0 Å². The van der Waals surface area contributed by atoms with Gasteiger partial charge in [0.15, 0.2) is 0 Å². The van der Waals surface area contributed by atoms with Crippen LogP contribution in [0.25, 0.3) is 0 Å². The average molecular weight is 303 g/mol. The zero-order valence-corrected chi connectivity index (χ0v) is 13.5. The van der Waals surface area contributed by atoms with Crippen LogP contribution in [0.4, 0.5) is 0 Å². The predicted octanol–water partition coefficient (Wildman–Crippen LogP) is 0.353. The second-order valence-electron chi connectivity index (χ2n) is 5.67. The number of amides is 1. The summed E-state index contributed by atoms with van der Waals surface area (Å²) in [6, 6.07) is 0. The van der Waals surface area contributed by atoms with Crippen LogP contribution < -0.4 is 5.32 Å². The number of hydrogen-bond acceptors (Lipinski definition) is 4. The van der Waals surface area contributed by atoms with E-state index in [1.54, 1.807) is 18.7 Å². The molecule has 2 N–H and O–H groups in total. The van der Waals surface area contributed by atoms with Crippen LogP contribution in [0.1, 0.15) is 18.2 Å².